The fourth-order valence-corrected chi connectivity index (χ4v) is 4.97. The molecule has 2 aromatic carbocycles. The summed E-state index contributed by atoms with van der Waals surface area (Å²) in [5.41, 5.74) is 0.0170. The Labute approximate surface area is 273 Å². The van der Waals surface area contributed by atoms with Crippen molar-refractivity contribution in [3.63, 3.8) is 0 Å². The molecule has 18 heteroatoms. The number of fused-ring (bicyclic) bond motifs is 3. The van der Waals surface area contributed by atoms with Crippen molar-refractivity contribution in [2.24, 2.45) is 42.3 Å². The van der Waals surface area contributed by atoms with Crippen molar-refractivity contribution in [2.45, 2.75) is 0 Å². The molecular weight excluding hydrogens is 644 g/mol. The number of aromatic nitrogens is 8. The zero-order chi connectivity index (χ0) is 36.1. The Hall–Kier alpha value is -6.85. The molecule has 5 heterocycles. The standard InChI is InChI=1S/C15H10O6.2C8H10N4O2/c16-8-2-3-9-12(6-8)21-15(14(20)13(9)19)7-1-4-10(17)11(18)5-7;2*1-10-4-9-6-5(10)7(13)12(3)8(14)11(6)2/h1-6,16-18,20H;2*4H,1-3H3. The molecule has 0 saturated carbocycles. The highest BCUT2D eigenvalue weighted by Gasteiger charge is 2.17. The third-order valence-corrected chi connectivity index (χ3v) is 7.72. The van der Waals surface area contributed by atoms with Crippen molar-refractivity contribution in [3.05, 3.63) is 101 Å². The number of benzene rings is 2. The van der Waals surface area contributed by atoms with Gasteiger partial charge in [-0.15, -0.1) is 0 Å². The van der Waals surface area contributed by atoms with E-state index in [1.807, 2.05) is 0 Å². The smallest absolute Gasteiger partial charge is 0.332 e. The Bertz CT molecular complexity index is 2630. The van der Waals surface area contributed by atoms with E-state index in [0.717, 1.165) is 15.2 Å². The lowest BCUT2D eigenvalue weighted by atomic mass is 10.1. The van der Waals surface area contributed by atoms with Gasteiger partial charge in [-0.3, -0.25) is 32.7 Å². The predicted octanol–water partition coefficient (Wildman–Crippen LogP) is 0.224. The van der Waals surface area contributed by atoms with Gasteiger partial charge in [-0.2, -0.15) is 0 Å². The first-order chi connectivity index (χ1) is 23.0. The number of aromatic hydroxyl groups is 4. The van der Waals surface area contributed by atoms with Crippen LogP contribution in [0.3, 0.4) is 0 Å². The van der Waals surface area contributed by atoms with E-state index in [2.05, 4.69) is 9.97 Å². The van der Waals surface area contributed by atoms with Gasteiger partial charge in [0.25, 0.3) is 11.1 Å². The number of hydrogen-bond donors (Lipinski definition) is 4. The fraction of sp³-hybridized carbons (Fsp3) is 0.194. The first-order valence-corrected chi connectivity index (χ1v) is 14.2. The third kappa shape index (κ3) is 5.70. The number of rotatable bonds is 1. The molecule has 0 bridgehead atoms. The summed E-state index contributed by atoms with van der Waals surface area (Å²) in [5, 5.41) is 38.3. The Morgan fingerprint density at radius 3 is 1.61 bits per heavy atom. The summed E-state index contributed by atoms with van der Waals surface area (Å²) in [7, 11) is 9.55. The molecule has 0 fully saturated rings. The topological polar surface area (TPSA) is 235 Å². The molecule has 0 spiro atoms. The molecule has 0 aliphatic heterocycles. The van der Waals surface area contributed by atoms with Crippen LogP contribution in [0.15, 0.2) is 77.4 Å². The van der Waals surface area contributed by atoms with Crippen LogP contribution in [0.1, 0.15) is 0 Å². The molecule has 49 heavy (non-hydrogen) atoms. The SMILES string of the molecule is Cn1c(=O)c2c(ncn2C)n(C)c1=O.Cn1c(=O)c2c(ncn2C)n(C)c1=O.O=c1c(O)c(-c2ccc(O)c(O)c2)oc2cc(O)ccc12. The van der Waals surface area contributed by atoms with Crippen molar-refractivity contribution in [2.75, 3.05) is 0 Å². The largest absolute Gasteiger partial charge is 0.508 e. The van der Waals surface area contributed by atoms with Gasteiger partial charge in [0.1, 0.15) is 11.3 Å². The molecule has 254 valence electrons. The van der Waals surface area contributed by atoms with Gasteiger partial charge in [0.05, 0.1) is 18.0 Å². The molecule has 18 nitrogen and oxygen atoms in total. The van der Waals surface area contributed by atoms with Crippen molar-refractivity contribution >= 4 is 33.3 Å². The summed E-state index contributed by atoms with van der Waals surface area (Å²) >= 11 is 0. The third-order valence-electron chi connectivity index (χ3n) is 7.72. The summed E-state index contributed by atoms with van der Waals surface area (Å²) in [6, 6.07) is 7.64. The molecule has 0 atom stereocenters. The first-order valence-electron chi connectivity index (χ1n) is 14.2. The van der Waals surface area contributed by atoms with Crippen LogP contribution < -0.4 is 27.9 Å². The molecule has 0 aliphatic carbocycles. The maximum atomic E-state index is 12.1. The van der Waals surface area contributed by atoms with Crippen LogP contribution in [0.25, 0.3) is 44.6 Å². The lowest BCUT2D eigenvalue weighted by Crippen LogP contribution is -2.37. The number of phenols is 3. The van der Waals surface area contributed by atoms with Crippen molar-refractivity contribution in [3.8, 4) is 34.3 Å². The molecule has 5 aromatic heterocycles. The highest BCUT2D eigenvalue weighted by atomic mass is 16.4. The lowest BCUT2D eigenvalue weighted by Gasteiger charge is -2.07. The predicted molar refractivity (Wildman–Crippen MR) is 177 cm³/mol. The minimum Gasteiger partial charge on any atom is -0.508 e. The van der Waals surface area contributed by atoms with Gasteiger partial charge in [-0.1, -0.05) is 0 Å². The second kappa shape index (κ2) is 12.4. The van der Waals surface area contributed by atoms with E-state index in [4.69, 9.17) is 4.42 Å². The van der Waals surface area contributed by atoms with E-state index >= 15 is 0 Å². The molecule has 0 radical (unpaired) electrons. The van der Waals surface area contributed by atoms with E-state index in [9.17, 15) is 44.4 Å². The number of phenolic OH excluding ortho intramolecular Hbond substituents is 3. The van der Waals surface area contributed by atoms with Crippen LogP contribution in [-0.2, 0) is 42.3 Å². The minimum absolute atomic E-state index is 0.0872. The average molecular weight is 675 g/mol. The second-order valence-corrected chi connectivity index (χ2v) is 11.0. The van der Waals surface area contributed by atoms with Crippen LogP contribution in [0.2, 0.25) is 0 Å². The first kappa shape index (κ1) is 33.5. The van der Waals surface area contributed by atoms with E-state index < -0.39 is 16.9 Å². The summed E-state index contributed by atoms with van der Waals surface area (Å²) in [5.74, 6) is -1.60. The van der Waals surface area contributed by atoms with Gasteiger partial charge in [0, 0.05) is 53.9 Å². The van der Waals surface area contributed by atoms with Gasteiger partial charge in [0.2, 0.25) is 11.2 Å². The zero-order valence-corrected chi connectivity index (χ0v) is 26.9. The molecule has 4 N–H and O–H groups in total. The molecule has 0 aliphatic rings. The average Bonchev–Trinajstić information content (AvgIpc) is 3.66. The maximum Gasteiger partial charge on any atom is 0.332 e. The second-order valence-electron chi connectivity index (χ2n) is 11.0. The van der Waals surface area contributed by atoms with Crippen molar-refractivity contribution in [1.82, 2.24) is 37.4 Å². The highest BCUT2D eigenvalue weighted by molar-refractivity contribution is 5.83. The molecule has 0 unspecified atom stereocenters. The Balaban J connectivity index is 0.000000148. The number of hydrogen-bond acceptors (Lipinski definition) is 12. The van der Waals surface area contributed by atoms with E-state index in [1.54, 1.807) is 37.3 Å². The molecule has 0 saturated heterocycles. The summed E-state index contributed by atoms with van der Waals surface area (Å²) < 4.78 is 13.5. The zero-order valence-electron chi connectivity index (χ0n) is 26.9. The van der Waals surface area contributed by atoms with E-state index in [0.29, 0.717) is 22.3 Å². The van der Waals surface area contributed by atoms with Crippen molar-refractivity contribution in [1.29, 1.82) is 0 Å². The van der Waals surface area contributed by atoms with Gasteiger partial charge in [0.15, 0.2) is 39.6 Å². The molecule has 7 rings (SSSR count). The van der Waals surface area contributed by atoms with Gasteiger partial charge in [-0.05, 0) is 30.3 Å². The minimum atomic E-state index is -0.654. The molecule has 7 aromatic rings. The van der Waals surface area contributed by atoms with Crippen LogP contribution in [0.4, 0.5) is 0 Å². The summed E-state index contributed by atoms with van der Waals surface area (Å²) in [6.45, 7) is 0. The Morgan fingerprint density at radius 2 is 1.12 bits per heavy atom. The molecule has 0 amide bonds. The number of nitrogens with zero attached hydrogens (tertiary/aromatic N) is 8. The number of imidazole rings is 2. The van der Waals surface area contributed by atoms with E-state index in [-0.39, 0.29) is 56.3 Å². The van der Waals surface area contributed by atoms with Gasteiger partial charge >= 0.3 is 11.4 Å². The van der Waals surface area contributed by atoms with Gasteiger partial charge in [-0.25, -0.2) is 19.6 Å². The quantitative estimate of drug-likeness (QED) is 0.171. The lowest BCUT2D eigenvalue weighted by molar-refractivity contribution is 0.403. The normalized spacial score (nSPS) is 11.0. The highest BCUT2D eigenvalue weighted by Crippen LogP contribution is 2.35. The van der Waals surface area contributed by atoms with E-state index in [1.165, 1.54) is 66.2 Å². The Kier molecular flexibility index (Phi) is 8.48. The monoisotopic (exact) mass is 674 g/mol. The fourth-order valence-electron chi connectivity index (χ4n) is 4.97. The van der Waals surface area contributed by atoms with Crippen LogP contribution in [-0.4, -0.2) is 57.8 Å². The summed E-state index contributed by atoms with van der Waals surface area (Å²) in [6.07, 6.45) is 3.04. The Morgan fingerprint density at radius 1 is 0.612 bits per heavy atom. The van der Waals surface area contributed by atoms with Gasteiger partial charge < -0.3 is 34.0 Å². The van der Waals surface area contributed by atoms with Crippen molar-refractivity contribution < 1.29 is 24.8 Å². The van der Waals surface area contributed by atoms with Crippen LogP contribution in [0.5, 0.6) is 23.0 Å². The summed E-state index contributed by atoms with van der Waals surface area (Å²) in [4.78, 5) is 66.4. The molecular formula is C31H30N8O10. The number of aryl methyl sites for hydroxylation is 4. The maximum absolute atomic E-state index is 12.1. The van der Waals surface area contributed by atoms with Crippen LogP contribution in [0, 0.1) is 0 Å². The van der Waals surface area contributed by atoms with Crippen LogP contribution >= 0.6 is 0 Å².